The van der Waals surface area contributed by atoms with Crippen LogP contribution in [-0.2, 0) is 21.4 Å². The summed E-state index contributed by atoms with van der Waals surface area (Å²) in [6.45, 7) is 3.82. The number of rotatable bonds is 5. The molecule has 2 fully saturated rings. The van der Waals surface area contributed by atoms with Gasteiger partial charge in [-0.3, -0.25) is 23.9 Å². The first-order valence-electron chi connectivity index (χ1n) is 9.19. The number of nitrogens with zero attached hydrogens (tertiary/aromatic N) is 4. The van der Waals surface area contributed by atoms with Crippen LogP contribution in [0.25, 0.3) is 6.08 Å². The van der Waals surface area contributed by atoms with Gasteiger partial charge in [0.15, 0.2) is 0 Å². The molecule has 9 nitrogen and oxygen atoms in total. The molecule has 2 aliphatic heterocycles. The van der Waals surface area contributed by atoms with Crippen molar-refractivity contribution in [2.45, 2.75) is 13.3 Å². The molecule has 0 unspecified atom stereocenters. The number of aromatic nitrogens is 1. The Morgan fingerprint density at radius 3 is 2.63 bits per heavy atom. The lowest BCUT2D eigenvalue weighted by Crippen LogP contribution is -2.40. The molecule has 3 heterocycles. The van der Waals surface area contributed by atoms with E-state index in [2.05, 4.69) is 0 Å². The van der Waals surface area contributed by atoms with E-state index in [-0.39, 0.29) is 28.8 Å². The predicted octanol–water partition coefficient (Wildman–Crippen LogP) is 1.08. The van der Waals surface area contributed by atoms with Crippen LogP contribution >= 0.6 is 24.0 Å². The van der Waals surface area contributed by atoms with Crippen LogP contribution in [0.5, 0.6) is 0 Å². The molecule has 2 saturated heterocycles. The monoisotopic (exact) mass is 448 g/mol. The number of pyridine rings is 1. The van der Waals surface area contributed by atoms with E-state index in [0.29, 0.717) is 48.2 Å². The first-order valence-corrected chi connectivity index (χ1v) is 10.4. The van der Waals surface area contributed by atoms with Gasteiger partial charge in [0, 0.05) is 32.2 Å². The van der Waals surface area contributed by atoms with Gasteiger partial charge >= 0.3 is 5.97 Å². The maximum Gasteiger partial charge on any atom is 0.305 e. The molecule has 0 aromatic carbocycles. The molecule has 0 saturated carbocycles. The lowest BCUT2D eigenvalue weighted by Gasteiger charge is -2.32. The molecule has 30 heavy (non-hydrogen) atoms. The first kappa shape index (κ1) is 22.0. The summed E-state index contributed by atoms with van der Waals surface area (Å²) in [7, 11) is 1.60. The number of anilines is 1. The Labute approximate surface area is 182 Å². The average Bonchev–Trinajstić information content (AvgIpc) is 2.98. The largest absolute Gasteiger partial charge is 0.481 e. The fourth-order valence-electron chi connectivity index (χ4n) is 3.40. The van der Waals surface area contributed by atoms with Gasteiger partial charge in [-0.05, 0) is 18.6 Å². The zero-order valence-corrected chi connectivity index (χ0v) is 18.1. The number of carboxylic acids is 1. The summed E-state index contributed by atoms with van der Waals surface area (Å²) >= 11 is 6.33. The summed E-state index contributed by atoms with van der Waals surface area (Å²) in [5.41, 5.74) is 0.692. The number of thiocarbonyl (C=S) groups is 1. The van der Waals surface area contributed by atoms with Crippen LogP contribution in [0.3, 0.4) is 0 Å². The van der Waals surface area contributed by atoms with Crippen molar-refractivity contribution in [1.82, 2.24) is 9.47 Å². The number of thioether (sulfide) groups is 1. The summed E-state index contributed by atoms with van der Waals surface area (Å²) in [5.74, 6) is -0.795. The van der Waals surface area contributed by atoms with Crippen LogP contribution < -0.4 is 10.5 Å². The zero-order valence-electron chi connectivity index (χ0n) is 16.5. The van der Waals surface area contributed by atoms with Crippen LogP contribution in [-0.4, -0.2) is 63.6 Å². The van der Waals surface area contributed by atoms with Crippen molar-refractivity contribution in [1.29, 1.82) is 5.26 Å². The number of carbonyl (C=O) groups excluding carboxylic acids is 1. The van der Waals surface area contributed by atoms with Crippen molar-refractivity contribution in [3.05, 3.63) is 31.9 Å². The Morgan fingerprint density at radius 2 is 2.03 bits per heavy atom. The highest BCUT2D eigenvalue weighted by molar-refractivity contribution is 8.26. The van der Waals surface area contributed by atoms with Gasteiger partial charge in [-0.2, -0.15) is 5.26 Å². The van der Waals surface area contributed by atoms with Crippen molar-refractivity contribution >= 4 is 52.1 Å². The normalized spacial score (nSPS) is 18.2. The van der Waals surface area contributed by atoms with E-state index >= 15 is 0 Å². The second kappa shape index (κ2) is 8.99. The maximum atomic E-state index is 12.8. The predicted molar refractivity (Wildman–Crippen MR) is 116 cm³/mol. The van der Waals surface area contributed by atoms with Crippen molar-refractivity contribution in [3.8, 4) is 6.07 Å². The molecule has 1 aromatic rings. The fourth-order valence-corrected chi connectivity index (χ4v) is 4.69. The highest BCUT2D eigenvalue weighted by Gasteiger charge is 2.33. The van der Waals surface area contributed by atoms with Gasteiger partial charge in [0.1, 0.15) is 21.8 Å². The molecule has 1 aromatic heterocycles. The molecule has 0 atom stereocenters. The molecule has 1 amide bonds. The fraction of sp³-hybridized carbons (Fsp3) is 0.421. The Bertz CT molecular complexity index is 1050. The Kier molecular flexibility index (Phi) is 6.60. The van der Waals surface area contributed by atoms with E-state index in [9.17, 15) is 19.6 Å². The van der Waals surface area contributed by atoms with Gasteiger partial charge in [0.25, 0.3) is 11.5 Å². The highest BCUT2D eigenvalue weighted by atomic mass is 32.2. The van der Waals surface area contributed by atoms with E-state index in [0.717, 1.165) is 11.8 Å². The quantitative estimate of drug-likeness (QED) is 0.522. The van der Waals surface area contributed by atoms with Crippen molar-refractivity contribution in [2.24, 2.45) is 7.05 Å². The van der Waals surface area contributed by atoms with E-state index < -0.39 is 11.5 Å². The summed E-state index contributed by atoms with van der Waals surface area (Å²) in [5, 5.41) is 18.4. The van der Waals surface area contributed by atoms with Crippen LogP contribution in [0.4, 0.5) is 5.82 Å². The van der Waals surface area contributed by atoms with Gasteiger partial charge in [0.2, 0.25) is 0 Å². The molecular formula is C19H20N4O5S2. The summed E-state index contributed by atoms with van der Waals surface area (Å²) in [6.07, 6.45) is 1.43. The number of hydrogen-bond acceptors (Lipinski definition) is 8. The molecule has 11 heteroatoms. The third kappa shape index (κ3) is 4.12. The van der Waals surface area contributed by atoms with Crippen molar-refractivity contribution in [3.63, 3.8) is 0 Å². The molecular weight excluding hydrogens is 428 g/mol. The van der Waals surface area contributed by atoms with Crippen LogP contribution in [0, 0.1) is 18.3 Å². The molecule has 1 N–H and O–H groups in total. The third-order valence-electron chi connectivity index (χ3n) is 4.98. The molecule has 158 valence electrons. The van der Waals surface area contributed by atoms with E-state index in [1.165, 1.54) is 9.47 Å². The van der Waals surface area contributed by atoms with Crippen LogP contribution in [0.15, 0.2) is 9.70 Å². The van der Waals surface area contributed by atoms with Gasteiger partial charge in [-0.15, -0.1) is 0 Å². The lowest BCUT2D eigenvalue weighted by atomic mass is 10.0. The highest BCUT2D eigenvalue weighted by Crippen LogP contribution is 2.35. The van der Waals surface area contributed by atoms with E-state index in [4.69, 9.17) is 22.1 Å². The average molecular weight is 449 g/mol. The standard InChI is InChI=1S/C19H20N4O5S2/c1-11-12(9-14-18(27)23(19(29)30-14)4-3-15(24)25)16(22-5-7-28-8-6-22)21(2)17(26)13(11)10-20/h9H,3-8H2,1-2H3,(H,24,25). The Hall–Kier alpha value is -2.68. The van der Waals surface area contributed by atoms with Crippen LogP contribution in [0.1, 0.15) is 23.1 Å². The van der Waals surface area contributed by atoms with Gasteiger partial charge in [-0.25, -0.2) is 0 Å². The van der Waals surface area contributed by atoms with E-state index in [1.807, 2.05) is 11.0 Å². The smallest absolute Gasteiger partial charge is 0.305 e. The second-order valence-corrected chi connectivity index (χ2v) is 8.47. The number of amides is 1. The minimum atomic E-state index is -1.02. The summed E-state index contributed by atoms with van der Waals surface area (Å²) in [4.78, 5) is 40.0. The minimum absolute atomic E-state index is 0.0106. The molecule has 0 spiro atoms. The van der Waals surface area contributed by atoms with E-state index in [1.54, 1.807) is 20.0 Å². The summed E-state index contributed by atoms with van der Waals surface area (Å²) in [6, 6.07) is 1.96. The molecule has 3 rings (SSSR count). The number of carboxylic acid groups (broad SMARTS) is 1. The zero-order chi connectivity index (χ0) is 22.0. The lowest BCUT2D eigenvalue weighted by molar-refractivity contribution is -0.137. The van der Waals surface area contributed by atoms with Gasteiger partial charge in [0.05, 0.1) is 24.5 Å². The Morgan fingerprint density at radius 1 is 1.37 bits per heavy atom. The first-order chi connectivity index (χ1) is 14.3. The molecule has 2 aliphatic rings. The number of carbonyl (C=O) groups is 2. The van der Waals surface area contributed by atoms with Gasteiger partial charge < -0.3 is 14.7 Å². The Balaban J connectivity index is 2.11. The number of nitriles is 1. The number of hydrogen-bond donors (Lipinski definition) is 1. The van der Waals surface area contributed by atoms with Crippen molar-refractivity contribution in [2.75, 3.05) is 37.7 Å². The molecule has 0 radical (unpaired) electrons. The number of ether oxygens (including phenoxy) is 1. The van der Waals surface area contributed by atoms with Crippen molar-refractivity contribution < 1.29 is 19.4 Å². The molecule has 0 bridgehead atoms. The number of aliphatic carboxylic acids is 1. The third-order valence-corrected chi connectivity index (χ3v) is 6.35. The summed E-state index contributed by atoms with van der Waals surface area (Å²) < 4.78 is 7.11. The second-order valence-electron chi connectivity index (χ2n) is 6.79. The van der Waals surface area contributed by atoms with Crippen LogP contribution in [0.2, 0.25) is 0 Å². The SMILES string of the molecule is Cc1c(C=C2SC(=S)N(CCC(=O)O)C2=O)c(N2CCOCC2)n(C)c(=O)c1C#N. The van der Waals surface area contributed by atoms with Gasteiger partial charge in [-0.1, -0.05) is 24.0 Å². The molecule has 0 aliphatic carbocycles. The number of morpholine rings is 1. The minimum Gasteiger partial charge on any atom is -0.481 e. The maximum absolute atomic E-state index is 12.8. The topological polar surface area (TPSA) is 116 Å².